The van der Waals surface area contributed by atoms with Gasteiger partial charge in [0, 0.05) is 12.6 Å². The van der Waals surface area contributed by atoms with E-state index < -0.39 is 23.6 Å². The molecule has 0 aromatic heterocycles. The molecule has 0 aliphatic carbocycles. The molecular weight excluding hydrogens is 493 g/mol. The van der Waals surface area contributed by atoms with Crippen LogP contribution >= 0.6 is 0 Å². The summed E-state index contributed by atoms with van der Waals surface area (Å²) in [5, 5.41) is 11.7. The van der Waals surface area contributed by atoms with Crippen LogP contribution in [0.4, 0.5) is 13.2 Å². The second-order valence-electron chi connectivity index (χ2n) is 7.36. The number of benzene rings is 2. The summed E-state index contributed by atoms with van der Waals surface area (Å²) in [4.78, 5) is 24.2. The average Bonchev–Trinajstić information content (AvgIpc) is 2.89. The van der Waals surface area contributed by atoms with Crippen molar-refractivity contribution in [3.8, 4) is 23.3 Å². The molecule has 2 rings (SSSR count). The second-order valence-corrected chi connectivity index (χ2v) is 7.36. The summed E-state index contributed by atoms with van der Waals surface area (Å²) in [6.45, 7) is 0.109. The topological polar surface area (TPSA) is 107 Å². The maximum absolute atomic E-state index is 12.7. The molecule has 2 aromatic carbocycles. The molecule has 0 saturated heterocycles. The first kappa shape index (κ1) is 28.8. The number of esters is 1. The number of ether oxygens (including phenoxy) is 4. The highest BCUT2D eigenvalue weighted by molar-refractivity contribution is 6.01. The van der Waals surface area contributed by atoms with Crippen LogP contribution in [0.1, 0.15) is 23.1 Å². The van der Waals surface area contributed by atoms with E-state index in [9.17, 15) is 28.0 Å². The van der Waals surface area contributed by atoms with Gasteiger partial charge in [-0.05, 0) is 54.0 Å². The van der Waals surface area contributed by atoms with Crippen LogP contribution in [0.15, 0.2) is 48.0 Å². The smallest absolute Gasteiger partial charge is 0.416 e. The highest BCUT2D eigenvalue weighted by Crippen LogP contribution is 2.38. The number of carbonyl (C=O) groups is 2. The molecule has 2 aromatic rings. The zero-order valence-electron chi connectivity index (χ0n) is 20.3. The van der Waals surface area contributed by atoms with E-state index >= 15 is 0 Å². The fourth-order valence-electron chi connectivity index (χ4n) is 3.04. The van der Waals surface area contributed by atoms with E-state index in [0.29, 0.717) is 22.8 Å². The summed E-state index contributed by atoms with van der Waals surface area (Å²) in [5.74, 6) is -0.0408. The van der Waals surface area contributed by atoms with Gasteiger partial charge >= 0.3 is 12.1 Å². The van der Waals surface area contributed by atoms with Crippen molar-refractivity contribution in [1.82, 2.24) is 5.32 Å². The Balaban J connectivity index is 1.83. The average molecular weight is 518 g/mol. The minimum Gasteiger partial charge on any atom is -0.493 e. The molecule has 0 spiro atoms. The third-order valence-corrected chi connectivity index (χ3v) is 4.86. The quantitative estimate of drug-likeness (QED) is 0.203. The van der Waals surface area contributed by atoms with Crippen LogP contribution in [-0.4, -0.2) is 46.4 Å². The maximum atomic E-state index is 12.7. The van der Waals surface area contributed by atoms with Crippen molar-refractivity contribution in [2.75, 3.05) is 34.5 Å². The van der Waals surface area contributed by atoms with Crippen LogP contribution < -0.4 is 19.5 Å². The molecule has 0 heterocycles. The minimum absolute atomic E-state index is 0.00319. The Morgan fingerprint density at radius 3 is 2.14 bits per heavy atom. The normalized spacial score (nSPS) is 11.5. The summed E-state index contributed by atoms with van der Waals surface area (Å²) in [7, 11) is 4.43. The third kappa shape index (κ3) is 8.61. The molecule has 0 aliphatic rings. The van der Waals surface area contributed by atoms with E-state index in [1.54, 1.807) is 18.2 Å². The fraction of sp³-hybridized carbons (Fsp3) is 0.269. The molecular formula is C26H25F3N2O6. The van der Waals surface area contributed by atoms with E-state index in [2.05, 4.69) is 5.32 Å². The molecule has 0 unspecified atom stereocenters. The zero-order valence-corrected chi connectivity index (χ0v) is 20.3. The highest BCUT2D eigenvalue weighted by atomic mass is 19.4. The third-order valence-electron chi connectivity index (χ3n) is 4.86. The first-order valence-electron chi connectivity index (χ1n) is 10.8. The van der Waals surface area contributed by atoms with Crippen LogP contribution in [-0.2, 0) is 20.5 Å². The highest BCUT2D eigenvalue weighted by Gasteiger charge is 2.29. The molecule has 0 atom stereocenters. The monoisotopic (exact) mass is 518 g/mol. The first-order valence-corrected chi connectivity index (χ1v) is 10.8. The summed E-state index contributed by atoms with van der Waals surface area (Å²) in [6, 6.07) is 9.09. The van der Waals surface area contributed by atoms with E-state index in [-0.39, 0.29) is 30.7 Å². The fourth-order valence-corrected chi connectivity index (χ4v) is 3.04. The van der Waals surface area contributed by atoms with Gasteiger partial charge in [-0.15, -0.1) is 0 Å². The van der Waals surface area contributed by atoms with Gasteiger partial charge in [0.05, 0.1) is 33.5 Å². The Morgan fingerprint density at radius 1 is 1.00 bits per heavy atom. The van der Waals surface area contributed by atoms with Gasteiger partial charge in [0.1, 0.15) is 11.6 Å². The van der Waals surface area contributed by atoms with Crippen molar-refractivity contribution in [1.29, 1.82) is 5.26 Å². The summed E-state index contributed by atoms with van der Waals surface area (Å²) in [5.41, 5.74) is -0.222. The standard InChI is InChI=1S/C26H25F3N2O6/c1-34-21-14-18(15-22(35-2)24(21)36-3)7-10-23(32)37-12-4-11-31-25(33)19(16-30)13-17-5-8-20(9-6-17)26(27,28)29/h5-10,13-15H,4,11-12H2,1-3H3,(H,31,33)/b10-7+,19-13+. The Bertz CT molecular complexity index is 1170. The summed E-state index contributed by atoms with van der Waals surface area (Å²) in [6.07, 6.45) is -0.286. The van der Waals surface area contributed by atoms with Gasteiger partial charge < -0.3 is 24.3 Å². The van der Waals surface area contributed by atoms with E-state index in [4.69, 9.17) is 18.9 Å². The molecule has 0 aliphatic heterocycles. The van der Waals surface area contributed by atoms with Crippen LogP contribution in [0.25, 0.3) is 12.2 Å². The first-order chi connectivity index (χ1) is 17.6. The number of nitrogens with zero attached hydrogens (tertiary/aromatic N) is 1. The molecule has 0 fully saturated rings. The number of alkyl halides is 3. The number of amides is 1. The number of nitrogens with one attached hydrogen (secondary N) is 1. The van der Waals surface area contributed by atoms with Gasteiger partial charge in [0.25, 0.3) is 5.91 Å². The summed E-state index contributed by atoms with van der Waals surface area (Å²) < 4.78 is 58.8. The van der Waals surface area contributed by atoms with Crippen molar-refractivity contribution >= 4 is 24.0 Å². The second kappa shape index (κ2) is 13.6. The van der Waals surface area contributed by atoms with E-state index in [1.807, 2.05) is 0 Å². The Morgan fingerprint density at radius 2 is 1.62 bits per heavy atom. The molecule has 1 N–H and O–H groups in total. The molecule has 0 radical (unpaired) electrons. The largest absolute Gasteiger partial charge is 0.493 e. The predicted octanol–water partition coefficient (Wildman–Crippen LogP) is 4.40. The van der Waals surface area contributed by atoms with Crippen molar-refractivity contribution in [3.05, 3.63) is 64.7 Å². The molecule has 0 saturated carbocycles. The molecule has 196 valence electrons. The number of rotatable bonds is 11. The van der Waals surface area contributed by atoms with Gasteiger partial charge in [-0.25, -0.2) is 4.79 Å². The number of hydrogen-bond donors (Lipinski definition) is 1. The molecule has 1 amide bonds. The number of methoxy groups -OCH3 is 3. The number of nitriles is 1. The van der Waals surface area contributed by atoms with Crippen molar-refractivity contribution in [2.45, 2.75) is 12.6 Å². The van der Waals surface area contributed by atoms with Gasteiger partial charge in [-0.3, -0.25) is 4.79 Å². The Kier molecular flexibility index (Phi) is 10.6. The SMILES string of the molecule is COc1cc(/C=C/C(=O)OCCCNC(=O)/C(C#N)=C/c2ccc(C(F)(F)F)cc2)cc(OC)c1OC. The van der Waals surface area contributed by atoms with Crippen LogP contribution in [0.2, 0.25) is 0 Å². The van der Waals surface area contributed by atoms with Gasteiger partial charge in [-0.1, -0.05) is 12.1 Å². The van der Waals surface area contributed by atoms with Crippen molar-refractivity contribution in [2.24, 2.45) is 0 Å². The van der Waals surface area contributed by atoms with Crippen LogP contribution in [0.3, 0.4) is 0 Å². The Hall–Kier alpha value is -4.46. The van der Waals surface area contributed by atoms with E-state index in [0.717, 1.165) is 12.1 Å². The lowest BCUT2D eigenvalue weighted by Crippen LogP contribution is -2.26. The number of hydrogen-bond acceptors (Lipinski definition) is 7. The predicted molar refractivity (Wildman–Crippen MR) is 129 cm³/mol. The molecule has 37 heavy (non-hydrogen) atoms. The summed E-state index contributed by atoms with van der Waals surface area (Å²) >= 11 is 0. The van der Waals surface area contributed by atoms with Gasteiger partial charge in [0.15, 0.2) is 11.5 Å². The van der Waals surface area contributed by atoms with Gasteiger partial charge in [-0.2, -0.15) is 18.4 Å². The molecule has 8 nitrogen and oxygen atoms in total. The Labute approximate surface area is 211 Å². The van der Waals surface area contributed by atoms with E-state index in [1.165, 1.54) is 51.7 Å². The van der Waals surface area contributed by atoms with Gasteiger partial charge in [0.2, 0.25) is 5.75 Å². The number of halogens is 3. The molecule has 11 heteroatoms. The lowest BCUT2D eigenvalue weighted by Gasteiger charge is -2.12. The number of carbonyl (C=O) groups excluding carboxylic acids is 2. The van der Waals surface area contributed by atoms with Crippen LogP contribution in [0.5, 0.6) is 17.2 Å². The lowest BCUT2D eigenvalue weighted by atomic mass is 10.1. The lowest BCUT2D eigenvalue weighted by molar-refractivity contribution is -0.138. The van der Waals surface area contributed by atoms with Crippen molar-refractivity contribution in [3.63, 3.8) is 0 Å². The molecule has 0 bridgehead atoms. The maximum Gasteiger partial charge on any atom is 0.416 e. The minimum atomic E-state index is -4.48. The van der Waals surface area contributed by atoms with Crippen molar-refractivity contribution < 1.29 is 41.7 Å². The van der Waals surface area contributed by atoms with Crippen LogP contribution in [0, 0.1) is 11.3 Å². The zero-order chi connectivity index (χ0) is 27.4.